The maximum Gasteiger partial charge on any atom is 0.239 e. The zero-order valence-corrected chi connectivity index (χ0v) is 11.6. The van der Waals surface area contributed by atoms with Crippen molar-refractivity contribution in [2.75, 3.05) is 20.3 Å². The van der Waals surface area contributed by atoms with E-state index in [-0.39, 0.29) is 0 Å². The number of carbonyl (C=O) groups excluding carboxylic acids is 1. The summed E-state index contributed by atoms with van der Waals surface area (Å²) < 4.78 is 5.81. The van der Waals surface area contributed by atoms with Crippen molar-refractivity contribution in [3.63, 3.8) is 0 Å². The number of nitrogens with two attached hydrogens (primary N) is 1. The van der Waals surface area contributed by atoms with Crippen LogP contribution in [0.15, 0.2) is 22.7 Å². The molecule has 0 heterocycles. The Bertz CT molecular complexity index is 396. The number of aryl methyl sites for hydroxylation is 1. The monoisotopic (exact) mass is 300 g/mol. The number of hydrogen-bond donors (Lipinski definition) is 2. The third kappa shape index (κ3) is 4.11. The Morgan fingerprint density at radius 1 is 1.59 bits per heavy atom. The predicted molar refractivity (Wildman–Crippen MR) is 70.7 cm³/mol. The number of carbonyl (C=O) groups is 1. The fourth-order valence-electron chi connectivity index (χ4n) is 1.54. The van der Waals surface area contributed by atoms with Crippen molar-refractivity contribution >= 4 is 21.8 Å². The van der Waals surface area contributed by atoms with E-state index in [1.807, 2.05) is 25.1 Å². The van der Waals surface area contributed by atoms with Gasteiger partial charge < -0.3 is 10.5 Å². The van der Waals surface area contributed by atoms with Crippen LogP contribution in [0.25, 0.3) is 0 Å². The molecular formula is C12H17BrN2O2. The van der Waals surface area contributed by atoms with Gasteiger partial charge in [0.2, 0.25) is 5.91 Å². The average molecular weight is 301 g/mol. The quantitative estimate of drug-likeness (QED) is 0.783. The van der Waals surface area contributed by atoms with E-state index in [1.165, 1.54) is 0 Å². The van der Waals surface area contributed by atoms with Crippen molar-refractivity contribution in [3.8, 4) is 0 Å². The first-order valence-electron chi connectivity index (χ1n) is 5.34. The van der Waals surface area contributed by atoms with Crippen LogP contribution in [0.1, 0.15) is 17.2 Å². The van der Waals surface area contributed by atoms with Crippen molar-refractivity contribution in [3.05, 3.63) is 33.8 Å². The molecule has 1 unspecified atom stereocenters. The third-order valence-corrected chi connectivity index (χ3v) is 3.09. The number of primary amides is 1. The fraction of sp³-hybridized carbons (Fsp3) is 0.417. The van der Waals surface area contributed by atoms with Crippen LogP contribution < -0.4 is 11.1 Å². The van der Waals surface area contributed by atoms with Crippen LogP contribution in [0.4, 0.5) is 0 Å². The summed E-state index contributed by atoms with van der Waals surface area (Å²) >= 11 is 3.45. The average Bonchev–Trinajstić information content (AvgIpc) is 2.25. The van der Waals surface area contributed by atoms with Crippen LogP contribution in [-0.2, 0) is 9.53 Å². The molecule has 0 saturated carbocycles. The molecule has 1 aromatic carbocycles. The summed E-state index contributed by atoms with van der Waals surface area (Å²) in [6, 6.07) is 5.31. The lowest BCUT2D eigenvalue weighted by Gasteiger charge is -2.17. The predicted octanol–water partition coefficient (Wildman–Crippen LogP) is 1.52. The van der Waals surface area contributed by atoms with Gasteiger partial charge in [-0.15, -0.1) is 0 Å². The summed E-state index contributed by atoms with van der Waals surface area (Å²) in [5, 5.41) is 3.07. The Morgan fingerprint density at radius 2 is 2.29 bits per heavy atom. The maximum absolute atomic E-state index is 11.4. The highest BCUT2D eigenvalue weighted by atomic mass is 79.9. The minimum absolute atomic E-state index is 0.398. The van der Waals surface area contributed by atoms with E-state index in [0.717, 1.165) is 15.6 Å². The second-order valence-electron chi connectivity index (χ2n) is 3.81. The molecule has 0 saturated heterocycles. The molecule has 0 bridgehead atoms. The van der Waals surface area contributed by atoms with Crippen molar-refractivity contribution in [2.45, 2.75) is 13.0 Å². The second kappa shape index (κ2) is 6.74. The van der Waals surface area contributed by atoms with E-state index in [9.17, 15) is 4.79 Å². The minimum Gasteiger partial charge on any atom is -0.383 e. The van der Waals surface area contributed by atoms with Crippen LogP contribution in [0.2, 0.25) is 0 Å². The van der Waals surface area contributed by atoms with Gasteiger partial charge in [0.05, 0.1) is 6.61 Å². The summed E-state index contributed by atoms with van der Waals surface area (Å²) in [4.78, 5) is 11.4. The van der Waals surface area contributed by atoms with Gasteiger partial charge in [0.15, 0.2) is 0 Å². The summed E-state index contributed by atoms with van der Waals surface area (Å²) in [5.41, 5.74) is 7.37. The van der Waals surface area contributed by atoms with Gasteiger partial charge in [-0.05, 0) is 24.1 Å². The Labute approximate surface area is 110 Å². The lowest BCUT2D eigenvalue weighted by atomic mass is 10.0. The molecular weight excluding hydrogens is 284 g/mol. The second-order valence-corrected chi connectivity index (χ2v) is 4.66. The first-order chi connectivity index (χ1) is 8.06. The molecule has 4 nitrogen and oxygen atoms in total. The molecule has 1 amide bonds. The number of amides is 1. The highest BCUT2D eigenvalue weighted by Crippen LogP contribution is 2.24. The Balaban J connectivity index is 2.86. The van der Waals surface area contributed by atoms with Crippen LogP contribution in [0.5, 0.6) is 0 Å². The molecule has 0 aliphatic rings. The van der Waals surface area contributed by atoms with Gasteiger partial charge in [-0.2, -0.15) is 0 Å². The topological polar surface area (TPSA) is 64.3 Å². The first-order valence-corrected chi connectivity index (χ1v) is 6.13. The minimum atomic E-state index is -0.500. The van der Waals surface area contributed by atoms with Crippen molar-refractivity contribution < 1.29 is 9.53 Å². The zero-order valence-electron chi connectivity index (χ0n) is 10.00. The number of benzene rings is 1. The number of nitrogens with one attached hydrogen (secondary N) is 1. The summed E-state index contributed by atoms with van der Waals surface area (Å²) in [7, 11) is 1.61. The number of methoxy groups -OCH3 is 1. The van der Waals surface area contributed by atoms with E-state index in [0.29, 0.717) is 13.2 Å². The smallest absolute Gasteiger partial charge is 0.239 e. The zero-order chi connectivity index (χ0) is 12.8. The van der Waals surface area contributed by atoms with Crippen LogP contribution in [0.3, 0.4) is 0 Å². The van der Waals surface area contributed by atoms with Gasteiger partial charge in [0, 0.05) is 18.1 Å². The lowest BCUT2D eigenvalue weighted by Crippen LogP contribution is -2.35. The highest BCUT2D eigenvalue weighted by Gasteiger charge is 2.19. The first kappa shape index (κ1) is 14.2. The summed E-state index contributed by atoms with van der Waals surface area (Å²) in [6.07, 6.45) is 0. The summed E-state index contributed by atoms with van der Waals surface area (Å²) in [6.45, 7) is 3.10. The molecule has 0 spiro atoms. The molecule has 0 aliphatic heterocycles. The largest absolute Gasteiger partial charge is 0.383 e. The SMILES string of the molecule is COCCNC(C(N)=O)c1ccc(C)cc1Br. The maximum atomic E-state index is 11.4. The Morgan fingerprint density at radius 3 is 2.82 bits per heavy atom. The van der Waals surface area contributed by atoms with Gasteiger partial charge in [-0.1, -0.05) is 28.1 Å². The molecule has 0 fully saturated rings. The van der Waals surface area contributed by atoms with Gasteiger partial charge in [-0.25, -0.2) is 0 Å². The number of rotatable bonds is 6. The van der Waals surface area contributed by atoms with E-state index in [4.69, 9.17) is 10.5 Å². The normalized spacial score (nSPS) is 12.4. The van der Waals surface area contributed by atoms with E-state index >= 15 is 0 Å². The van der Waals surface area contributed by atoms with Crippen LogP contribution >= 0.6 is 15.9 Å². The molecule has 5 heteroatoms. The highest BCUT2D eigenvalue weighted by molar-refractivity contribution is 9.10. The van der Waals surface area contributed by atoms with Crippen molar-refractivity contribution in [2.24, 2.45) is 5.73 Å². The van der Waals surface area contributed by atoms with E-state index in [1.54, 1.807) is 7.11 Å². The van der Waals surface area contributed by atoms with Gasteiger partial charge in [0.1, 0.15) is 6.04 Å². The molecule has 94 valence electrons. The van der Waals surface area contributed by atoms with Crippen LogP contribution in [-0.4, -0.2) is 26.2 Å². The number of hydrogen-bond acceptors (Lipinski definition) is 3. The molecule has 3 N–H and O–H groups in total. The van der Waals surface area contributed by atoms with E-state index in [2.05, 4.69) is 21.2 Å². The standard InChI is InChI=1S/C12H17BrN2O2/c1-8-3-4-9(10(13)7-8)11(12(14)16)15-5-6-17-2/h3-4,7,11,15H,5-6H2,1-2H3,(H2,14,16). The Hall–Kier alpha value is -0.910. The van der Waals surface area contributed by atoms with E-state index < -0.39 is 11.9 Å². The molecule has 1 atom stereocenters. The summed E-state index contributed by atoms with van der Waals surface area (Å²) in [5.74, 6) is -0.398. The Kier molecular flexibility index (Phi) is 5.61. The van der Waals surface area contributed by atoms with Crippen molar-refractivity contribution in [1.82, 2.24) is 5.32 Å². The third-order valence-electron chi connectivity index (χ3n) is 2.41. The van der Waals surface area contributed by atoms with Gasteiger partial charge in [-0.3, -0.25) is 10.1 Å². The molecule has 17 heavy (non-hydrogen) atoms. The molecule has 0 aromatic heterocycles. The molecule has 1 rings (SSSR count). The molecule has 1 aromatic rings. The van der Waals surface area contributed by atoms with Gasteiger partial charge >= 0.3 is 0 Å². The number of ether oxygens (including phenoxy) is 1. The fourth-order valence-corrected chi connectivity index (χ4v) is 2.26. The van der Waals surface area contributed by atoms with Crippen LogP contribution in [0, 0.1) is 6.92 Å². The molecule has 0 radical (unpaired) electrons. The van der Waals surface area contributed by atoms with Crippen molar-refractivity contribution in [1.29, 1.82) is 0 Å². The lowest BCUT2D eigenvalue weighted by molar-refractivity contribution is -0.120. The molecule has 0 aliphatic carbocycles. The number of halogens is 1. The van der Waals surface area contributed by atoms with Gasteiger partial charge in [0.25, 0.3) is 0 Å².